The van der Waals surface area contributed by atoms with Gasteiger partial charge in [-0.2, -0.15) is 0 Å². The van der Waals surface area contributed by atoms with Gasteiger partial charge < -0.3 is 14.4 Å². The number of hydrogen-bond donors (Lipinski definition) is 1. The number of carbonyl (C=O) groups is 1. The van der Waals surface area contributed by atoms with E-state index in [2.05, 4.69) is 16.5 Å². The van der Waals surface area contributed by atoms with E-state index in [-0.39, 0.29) is 12.4 Å². The SMILES string of the molecule is CCCCc1ncc(C(O)CC(=O)OC)n1CCC12CC3CC(CC(C3)C1)C2. The maximum absolute atomic E-state index is 11.7. The molecule has 4 bridgehead atoms. The number of imidazole rings is 1. The normalized spacial score (nSPS) is 31.9. The molecule has 0 aliphatic heterocycles. The molecule has 4 aliphatic rings. The third kappa shape index (κ3) is 4.00. The molecule has 0 aromatic carbocycles. The molecule has 5 heteroatoms. The van der Waals surface area contributed by atoms with E-state index in [0.717, 1.165) is 55.1 Å². The zero-order chi connectivity index (χ0) is 19.7. The average Bonchev–Trinajstić information content (AvgIpc) is 3.06. The highest BCUT2D eigenvalue weighted by Crippen LogP contribution is 2.61. The summed E-state index contributed by atoms with van der Waals surface area (Å²) in [6, 6.07) is 0. The van der Waals surface area contributed by atoms with E-state index in [9.17, 15) is 9.90 Å². The molecule has 1 aromatic heterocycles. The van der Waals surface area contributed by atoms with Gasteiger partial charge in [-0.25, -0.2) is 4.98 Å². The molecule has 156 valence electrons. The fourth-order valence-corrected chi connectivity index (χ4v) is 6.78. The number of ether oxygens (including phenoxy) is 1. The van der Waals surface area contributed by atoms with Crippen LogP contribution in [-0.4, -0.2) is 27.7 Å². The van der Waals surface area contributed by atoms with Crippen molar-refractivity contribution in [2.75, 3.05) is 7.11 Å². The van der Waals surface area contributed by atoms with Gasteiger partial charge in [0.15, 0.2) is 0 Å². The van der Waals surface area contributed by atoms with Gasteiger partial charge in [-0.1, -0.05) is 13.3 Å². The largest absolute Gasteiger partial charge is 0.469 e. The van der Waals surface area contributed by atoms with E-state index in [1.165, 1.54) is 52.1 Å². The second-order valence-corrected chi connectivity index (χ2v) is 9.82. The zero-order valence-electron chi connectivity index (χ0n) is 17.5. The Morgan fingerprint density at radius 3 is 2.50 bits per heavy atom. The summed E-state index contributed by atoms with van der Waals surface area (Å²) in [7, 11) is 1.37. The Bertz CT molecular complexity index is 661. The fourth-order valence-electron chi connectivity index (χ4n) is 6.78. The molecule has 1 atom stereocenters. The first kappa shape index (κ1) is 19.9. The summed E-state index contributed by atoms with van der Waals surface area (Å²) in [5.41, 5.74) is 1.28. The number of unbranched alkanes of at least 4 members (excludes halogenated alkanes) is 1. The van der Waals surface area contributed by atoms with Crippen molar-refractivity contribution in [2.45, 2.75) is 90.2 Å². The first-order chi connectivity index (χ1) is 13.5. The molecule has 0 spiro atoms. The number of aliphatic hydroxyl groups is 1. The molecule has 5 rings (SSSR count). The fraction of sp³-hybridized carbons (Fsp3) is 0.826. The summed E-state index contributed by atoms with van der Waals surface area (Å²) in [6.45, 7) is 3.11. The minimum Gasteiger partial charge on any atom is -0.469 e. The van der Waals surface area contributed by atoms with E-state index in [0.29, 0.717) is 5.41 Å². The van der Waals surface area contributed by atoms with Crippen molar-refractivity contribution < 1.29 is 14.6 Å². The summed E-state index contributed by atoms with van der Waals surface area (Å²) in [5, 5.41) is 10.6. The zero-order valence-corrected chi connectivity index (χ0v) is 17.5. The highest BCUT2D eigenvalue weighted by Gasteiger charge is 2.50. The third-order valence-corrected chi connectivity index (χ3v) is 7.68. The van der Waals surface area contributed by atoms with Crippen molar-refractivity contribution in [1.29, 1.82) is 0 Å². The van der Waals surface area contributed by atoms with Gasteiger partial charge in [-0.05, 0) is 74.5 Å². The summed E-state index contributed by atoms with van der Waals surface area (Å²) < 4.78 is 6.97. The molecule has 1 N–H and O–H groups in total. The minimum absolute atomic E-state index is 0.00717. The van der Waals surface area contributed by atoms with Crippen molar-refractivity contribution >= 4 is 5.97 Å². The summed E-state index contributed by atoms with van der Waals surface area (Å²) >= 11 is 0. The lowest BCUT2D eigenvalue weighted by Crippen LogP contribution is -2.46. The number of esters is 1. The average molecular weight is 389 g/mol. The van der Waals surface area contributed by atoms with Crippen LogP contribution in [0.3, 0.4) is 0 Å². The molecule has 4 fully saturated rings. The van der Waals surface area contributed by atoms with Crippen molar-refractivity contribution in [3.05, 3.63) is 17.7 Å². The Balaban J connectivity index is 1.50. The Labute approximate surface area is 168 Å². The Morgan fingerprint density at radius 1 is 1.29 bits per heavy atom. The predicted molar refractivity (Wildman–Crippen MR) is 108 cm³/mol. The van der Waals surface area contributed by atoms with Crippen LogP contribution in [0, 0.1) is 23.2 Å². The van der Waals surface area contributed by atoms with Gasteiger partial charge in [-0.15, -0.1) is 0 Å². The number of hydrogen-bond acceptors (Lipinski definition) is 4. The Hall–Kier alpha value is -1.36. The van der Waals surface area contributed by atoms with Crippen LogP contribution in [0.2, 0.25) is 0 Å². The summed E-state index contributed by atoms with van der Waals surface area (Å²) in [5.74, 6) is 3.55. The number of aromatic nitrogens is 2. The smallest absolute Gasteiger partial charge is 0.308 e. The lowest BCUT2D eigenvalue weighted by Gasteiger charge is -2.57. The predicted octanol–water partition coefficient (Wildman–Crippen LogP) is 4.43. The number of rotatable bonds is 9. The van der Waals surface area contributed by atoms with Crippen LogP contribution in [0.4, 0.5) is 0 Å². The number of aryl methyl sites for hydroxylation is 1. The van der Waals surface area contributed by atoms with E-state index in [1.807, 2.05) is 0 Å². The first-order valence-electron chi connectivity index (χ1n) is 11.3. The second-order valence-electron chi connectivity index (χ2n) is 9.82. The van der Waals surface area contributed by atoms with Gasteiger partial charge in [-0.3, -0.25) is 4.79 Å². The van der Waals surface area contributed by atoms with Gasteiger partial charge in [0.1, 0.15) is 11.9 Å². The third-order valence-electron chi connectivity index (χ3n) is 7.68. The lowest BCUT2D eigenvalue weighted by molar-refractivity contribution is -0.143. The molecule has 0 amide bonds. The molecule has 4 aliphatic carbocycles. The van der Waals surface area contributed by atoms with Crippen LogP contribution in [0.25, 0.3) is 0 Å². The van der Waals surface area contributed by atoms with Crippen LogP contribution in [0.15, 0.2) is 6.20 Å². The summed E-state index contributed by atoms with van der Waals surface area (Å²) in [4.78, 5) is 16.3. The first-order valence-corrected chi connectivity index (χ1v) is 11.3. The van der Waals surface area contributed by atoms with Crippen LogP contribution < -0.4 is 0 Å². The molecular weight excluding hydrogens is 352 g/mol. The van der Waals surface area contributed by atoms with Gasteiger partial charge in [0.25, 0.3) is 0 Å². The molecule has 4 saturated carbocycles. The number of nitrogens with zero attached hydrogens (tertiary/aromatic N) is 2. The molecule has 0 radical (unpaired) electrons. The van der Waals surface area contributed by atoms with Crippen molar-refractivity contribution in [3.8, 4) is 0 Å². The molecule has 28 heavy (non-hydrogen) atoms. The maximum Gasteiger partial charge on any atom is 0.308 e. The minimum atomic E-state index is -0.841. The van der Waals surface area contributed by atoms with E-state index < -0.39 is 6.10 Å². The number of aliphatic hydroxyl groups excluding tert-OH is 1. The topological polar surface area (TPSA) is 64.3 Å². The molecule has 1 unspecified atom stereocenters. The van der Waals surface area contributed by atoms with E-state index in [4.69, 9.17) is 4.74 Å². The van der Waals surface area contributed by atoms with Crippen molar-refractivity contribution in [2.24, 2.45) is 23.2 Å². The van der Waals surface area contributed by atoms with Gasteiger partial charge in [0.05, 0.1) is 25.4 Å². The Morgan fingerprint density at radius 2 is 1.93 bits per heavy atom. The molecule has 1 heterocycles. The monoisotopic (exact) mass is 388 g/mol. The van der Waals surface area contributed by atoms with E-state index in [1.54, 1.807) is 6.20 Å². The quantitative estimate of drug-likeness (QED) is 0.636. The summed E-state index contributed by atoms with van der Waals surface area (Å²) in [6.07, 6.45) is 13.9. The number of methoxy groups -OCH3 is 1. The molecular formula is C23H36N2O3. The second kappa shape index (κ2) is 8.17. The van der Waals surface area contributed by atoms with Gasteiger partial charge in [0.2, 0.25) is 0 Å². The van der Waals surface area contributed by atoms with Crippen LogP contribution >= 0.6 is 0 Å². The number of carbonyl (C=O) groups excluding carboxylic acids is 1. The van der Waals surface area contributed by atoms with E-state index >= 15 is 0 Å². The van der Waals surface area contributed by atoms with Gasteiger partial charge in [0, 0.05) is 13.0 Å². The highest BCUT2D eigenvalue weighted by molar-refractivity contribution is 5.69. The van der Waals surface area contributed by atoms with Crippen LogP contribution in [-0.2, 0) is 22.5 Å². The van der Waals surface area contributed by atoms with Crippen LogP contribution in [0.5, 0.6) is 0 Å². The van der Waals surface area contributed by atoms with Crippen molar-refractivity contribution in [3.63, 3.8) is 0 Å². The molecule has 5 nitrogen and oxygen atoms in total. The maximum atomic E-state index is 11.7. The standard InChI is InChI=1S/C23H36N2O3/c1-3-4-5-21-24-15-19(20(26)11-22(27)28-2)25(21)7-6-23-12-16-8-17(13-23)10-18(9-16)14-23/h15-18,20,26H,3-14H2,1-2H3. The molecule has 0 saturated heterocycles. The Kier molecular flexibility index (Phi) is 5.82. The lowest BCUT2D eigenvalue weighted by atomic mass is 9.49. The highest BCUT2D eigenvalue weighted by atomic mass is 16.5. The van der Waals surface area contributed by atoms with Crippen molar-refractivity contribution in [1.82, 2.24) is 9.55 Å². The molecule has 1 aromatic rings. The van der Waals surface area contributed by atoms with Crippen LogP contribution in [0.1, 0.15) is 88.8 Å². The van der Waals surface area contributed by atoms with Gasteiger partial charge >= 0.3 is 5.97 Å².